The molecule has 1 aliphatic rings. The molecule has 2 aromatic carbocycles. The Bertz CT molecular complexity index is 1570. The number of piperazine rings is 1. The quantitative estimate of drug-likeness (QED) is 0.208. The lowest BCUT2D eigenvalue weighted by Gasteiger charge is -2.36. The van der Waals surface area contributed by atoms with Gasteiger partial charge < -0.3 is 23.7 Å². The minimum atomic E-state index is -4.41. The summed E-state index contributed by atoms with van der Waals surface area (Å²) in [5.41, 5.74) is 1.16. The lowest BCUT2D eigenvalue weighted by molar-refractivity contribution is -0.137. The number of nitrogens with zero attached hydrogens (tertiary/aromatic N) is 4. The minimum absolute atomic E-state index is 0.140. The maximum Gasteiger partial charge on any atom is 0.416 e. The van der Waals surface area contributed by atoms with Crippen molar-refractivity contribution < 1.29 is 27.2 Å². The summed E-state index contributed by atoms with van der Waals surface area (Å²) in [6, 6.07) is 19.5. The molecule has 0 bridgehead atoms. The van der Waals surface area contributed by atoms with Gasteiger partial charge in [-0.25, -0.2) is 0 Å². The van der Waals surface area contributed by atoms with Gasteiger partial charge in [-0.1, -0.05) is 36.7 Å². The van der Waals surface area contributed by atoms with E-state index < -0.39 is 11.7 Å². The van der Waals surface area contributed by atoms with Crippen molar-refractivity contribution in [3.05, 3.63) is 112 Å². The molecule has 7 nitrogen and oxygen atoms in total. The molecule has 5 rings (SSSR count). The monoisotopic (exact) mass is 612 g/mol. The summed E-state index contributed by atoms with van der Waals surface area (Å²) in [4.78, 5) is 31.7. The first-order valence-corrected chi connectivity index (χ1v) is 14.5. The van der Waals surface area contributed by atoms with Crippen LogP contribution in [0.1, 0.15) is 51.3 Å². The first kappa shape index (κ1) is 30.3. The molecule has 226 valence electrons. The van der Waals surface area contributed by atoms with E-state index in [9.17, 15) is 22.8 Å². The van der Waals surface area contributed by atoms with E-state index in [4.69, 9.17) is 16.0 Å². The lowest BCUT2D eigenvalue weighted by atomic mass is 10.1. The van der Waals surface area contributed by atoms with Gasteiger partial charge in [-0.05, 0) is 61.0 Å². The maximum atomic E-state index is 13.3. The van der Waals surface area contributed by atoms with Crippen LogP contribution in [0, 0.1) is 0 Å². The number of halogens is 4. The summed E-state index contributed by atoms with van der Waals surface area (Å²) in [6.07, 6.45) is -1.72. The highest BCUT2D eigenvalue weighted by molar-refractivity contribution is 6.33. The third-order valence-corrected chi connectivity index (χ3v) is 7.80. The zero-order valence-electron chi connectivity index (χ0n) is 23.7. The largest absolute Gasteiger partial charge is 0.454 e. The molecule has 3 heterocycles. The second-order valence-electron chi connectivity index (χ2n) is 10.4. The molecule has 11 heteroatoms. The number of hydrogen-bond donors (Lipinski definition) is 0. The zero-order chi connectivity index (χ0) is 30.6. The van der Waals surface area contributed by atoms with Gasteiger partial charge in [0, 0.05) is 50.3 Å². The first-order chi connectivity index (χ1) is 20.6. The van der Waals surface area contributed by atoms with Crippen LogP contribution in [0.25, 0.3) is 0 Å². The van der Waals surface area contributed by atoms with Crippen LogP contribution in [0.3, 0.4) is 0 Å². The fraction of sp³-hybridized carbons (Fsp3) is 0.312. The van der Waals surface area contributed by atoms with Crippen molar-refractivity contribution in [2.24, 2.45) is 0 Å². The van der Waals surface area contributed by atoms with E-state index in [2.05, 4.69) is 0 Å². The van der Waals surface area contributed by atoms with Crippen molar-refractivity contribution in [2.45, 2.75) is 32.6 Å². The number of aromatic nitrogens is 1. The molecule has 2 amide bonds. The molecular weight excluding hydrogens is 581 g/mol. The van der Waals surface area contributed by atoms with Crippen LogP contribution in [0.5, 0.6) is 0 Å². The summed E-state index contributed by atoms with van der Waals surface area (Å²) in [6.45, 7) is 4.88. The number of rotatable bonds is 9. The maximum absolute atomic E-state index is 13.3. The number of carbonyl (C=O) groups is 2. The Morgan fingerprint density at radius 1 is 0.953 bits per heavy atom. The second-order valence-corrected chi connectivity index (χ2v) is 10.8. The molecule has 0 aliphatic carbocycles. The number of furan rings is 1. The summed E-state index contributed by atoms with van der Waals surface area (Å²) >= 11 is 6.29. The molecule has 1 aliphatic heterocycles. The average Bonchev–Trinajstić information content (AvgIpc) is 3.66. The highest BCUT2D eigenvalue weighted by Crippen LogP contribution is 2.32. The van der Waals surface area contributed by atoms with Gasteiger partial charge in [0.1, 0.15) is 5.76 Å². The molecule has 0 spiro atoms. The van der Waals surface area contributed by atoms with Gasteiger partial charge in [0.05, 0.1) is 29.2 Å². The summed E-state index contributed by atoms with van der Waals surface area (Å²) in [7, 11) is 0. The van der Waals surface area contributed by atoms with Gasteiger partial charge in [-0.15, -0.1) is 0 Å². The Balaban J connectivity index is 1.20. The van der Waals surface area contributed by atoms with Gasteiger partial charge in [0.15, 0.2) is 5.76 Å². The normalized spacial score (nSPS) is 13.8. The zero-order valence-corrected chi connectivity index (χ0v) is 24.4. The summed E-state index contributed by atoms with van der Waals surface area (Å²) < 4.78 is 47.3. The Labute approximate surface area is 253 Å². The van der Waals surface area contributed by atoms with E-state index in [1.165, 1.54) is 6.07 Å². The van der Waals surface area contributed by atoms with Crippen molar-refractivity contribution in [3.63, 3.8) is 0 Å². The number of alkyl halides is 3. The molecule has 43 heavy (non-hydrogen) atoms. The smallest absolute Gasteiger partial charge is 0.416 e. The summed E-state index contributed by atoms with van der Waals surface area (Å²) in [5.74, 6) is 0.391. The molecule has 0 N–H and O–H groups in total. The van der Waals surface area contributed by atoms with Gasteiger partial charge in [-0.3, -0.25) is 9.59 Å². The van der Waals surface area contributed by atoms with Crippen molar-refractivity contribution in [1.29, 1.82) is 0 Å². The van der Waals surface area contributed by atoms with Crippen LogP contribution in [0.15, 0.2) is 83.4 Å². The molecular formula is C32H32ClF3N4O3. The molecule has 0 saturated carbocycles. The van der Waals surface area contributed by atoms with E-state index in [1.807, 2.05) is 34.7 Å². The first-order valence-electron chi connectivity index (χ1n) is 14.1. The average molecular weight is 613 g/mol. The third-order valence-electron chi connectivity index (χ3n) is 7.47. The van der Waals surface area contributed by atoms with Crippen LogP contribution >= 0.6 is 11.6 Å². The predicted molar refractivity (Wildman–Crippen MR) is 158 cm³/mol. The van der Waals surface area contributed by atoms with Gasteiger partial charge >= 0.3 is 6.18 Å². The molecule has 1 saturated heterocycles. The fourth-order valence-corrected chi connectivity index (χ4v) is 5.43. The third kappa shape index (κ3) is 7.07. The van der Waals surface area contributed by atoms with E-state index in [-0.39, 0.29) is 17.6 Å². The minimum Gasteiger partial charge on any atom is -0.454 e. The lowest BCUT2D eigenvalue weighted by Crippen LogP contribution is -2.48. The molecule has 4 aromatic rings. The fourth-order valence-electron chi connectivity index (χ4n) is 5.22. The predicted octanol–water partition coefficient (Wildman–Crippen LogP) is 6.82. The number of anilines is 1. The van der Waals surface area contributed by atoms with Crippen LogP contribution in [0.2, 0.25) is 5.02 Å². The Hall–Kier alpha value is -4.18. The van der Waals surface area contributed by atoms with Crippen molar-refractivity contribution in [3.8, 4) is 0 Å². The van der Waals surface area contributed by atoms with E-state index in [1.54, 1.807) is 52.3 Å². The number of hydrogen-bond acceptors (Lipinski definition) is 4. The standard InChI is InChI=1S/C32H32ClF3N4O3/c1-2-14-40(30(41)27-10-3-4-11-28(27)33)21-25-9-6-15-39(25)22-26-12-13-29(43-26)31(42)38-18-16-37(17-19-38)24-8-5-7-23(20-24)32(34,35)36/h3-13,15,20H,2,14,16-19,21-22H2,1H3. The van der Waals surface area contributed by atoms with E-state index in [0.29, 0.717) is 67.8 Å². The van der Waals surface area contributed by atoms with Gasteiger partial charge in [0.2, 0.25) is 0 Å². The van der Waals surface area contributed by atoms with Crippen LogP contribution in [-0.2, 0) is 19.3 Å². The van der Waals surface area contributed by atoms with Crippen molar-refractivity contribution in [1.82, 2.24) is 14.4 Å². The highest BCUT2D eigenvalue weighted by Gasteiger charge is 2.31. The van der Waals surface area contributed by atoms with Gasteiger partial charge in [-0.2, -0.15) is 13.2 Å². The van der Waals surface area contributed by atoms with Crippen LogP contribution in [-0.4, -0.2) is 58.9 Å². The molecule has 0 unspecified atom stereocenters. The molecule has 0 atom stereocenters. The number of benzene rings is 2. The summed E-state index contributed by atoms with van der Waals surface area (Å²) in [5, 5.41) is 0.411. The topological polar surface area (TPSA) is 61.9 Å². The van der Waals surface area contributed by atoms with Crippen LogP contribution in [0.4, 0.5) is 18.9 Å². The Morgan fingerprint density at radius 2 is 1.72 bits per heavy atom. The molecule has 0 radical (unpaired) electrons. The highest BCUT2D eigenvalue weighted by atomic mass is 35.5. The SMILES string of the molecule is CCCN(Cc1cccn1Cc1ccc(C(=O)N2CCN(c3cccc(C(F)(F)F)c3)CC2)o1)C(=O)c1ccccc1Cl. The van der Waals surface area contributed by atoms with Crippen LogP contribution < -0.4 is 4.90 Å². The van der Waals surface area contributed by atoms with E-state index >= 15 is 0 Å². The number of amides is 2. The molecule has 2 aromatic heterocycles. The Kier molecular flexibility index (Phi) is 9.15. The van der Waals surface area contributed by atoms with Gasteiger partial charge in [0.25, 0.3) is 11.8 Å². The Morgan fingerprint density at radius 3 is 2.44 bits per heavy atom. The molecule has 1 fully saturated rings. The van der Waals surface area contributed by atoms with Crippen molar-refractivity contribution in [2.75, 3.05) is 37.6 Å². The number of carbonyl (C=O) groups excluding carboxylic acids is 2. The van der Waals surface area contributed by atoms with E-state index in [0.717, 1.165) is 24.2 Å². The van der Waals surface area contributed by atoms with Crippen molar-refractivity contribution >= 4 is 29.1 Å². The second kappa shape index (κ2) is 13.0.